The third kappa shape index (κ3) is 5.15. The Morgan fingerprint density at radius 3 is 2.13 bits per heavy atom. The highest BCUT2D eigenvalue weighted by molar-refractivity contribution is 6.01. The number of rotatable bonds is 9. The second kappa shape index (κ2) is 10.2. The minimum absolute atomic E-state index is 0.00424. The van der Waals surface area contributed by atoms with Crippen molar-refractivity contribution in [3.05, 3.63) is 101 Å². The molecule has 30 heavy (non-hydrogen) atoms. The zero-order chi connectivity index (χ0) is 21.5. The molecule has 0 fully saturated rings. The summed E-state index contributed by atoms with van der Waals surface area (Å²) in [5.41, 5.74) is 3.84. The Morgan fingerprint density at radius 1 is 0.900 bits per heavy atom. The van der Waals surface area contributed by atoms with Crippen LogP contribution in [0.1, 0.15) is 65.6 Å². The molecule has 2 nitrogen and oxygen atoms in total. The molecule has 0 saturated carbocycles. The summed E-state index contributed by atoms with van der Waals surface area (Å²) in [6.45, 7) is 4.42. The van der Waals surface area contributed by atoms with E-state index < -0.39 is 5.92 Å². The molecule has 0 spiro atoms. The largest absolute Gasteiger partial charge is 0.497 e. The maximum Gasteiger partial charge on any atom is 0.170 e. The van der Waals surface area contributed by atoms with Crippen molar-refractivity contribution in [1.82, 2.24) is 0 Å². The first-order chi connectivity index (χ1) is 14.5. The standard InChI is InChI=1S/C27H29FO2/c1-4-20(5-2)21-11-9-19(10-12-21)17-26(22-13-15-24(28)16-14-22)27(29)23-7-6-8-25(18-23)30-3/h6-16,18,20,26H,4-5,17H2,1-3H3. The molecule has 0 amide bonds. The molecule has 0 radical (unpaired) electrons. The van der Waals surface area contributed by atoms with Crippen molar-refractivity contribution in [2.45, 2.75) is 44.9 Å². The van der Waals surface area contributed by atoms with Gasteiger partial charge in [-0.1, -0.05) is 62.4 Å². The summed E-state index contributed by atoms with van der Waals surface area (Å²) in [6.07, 6.45) is 2.79. The number of ketones is 1. The van der Waals surface area contributed by atoms with Crippen LogP contribution in [0.4, 0.5) is 4.39 Å². The van der Waals surface area contributed by atoms with Crippen molar-refractivity contribution in [1.29, 1.82) is 0 Å². The SMILES string of the molecule is CCC(CC)c1ccc(CC(C(=O)c2cccc(OC)c2)c2ccc(F)cc2)cc1. The second-order valence-corrected chi connectivity index (χ2v) is 7.66. The van der Waals surface area contributed by atoms with Gasteiger partial charge >= 0.3 is 0 Å². The maximum atomic E-state index is 13.5. The van der Waals surface area contributed by atoms with Crippen LogP contribution >= 0.6 is 0 Å². The van der Waals surface area contributed by atoms with Crippen LogP contribution in [0, 0.1) is 5.82 Å². The number of hydrogen-bond acceptors (Lipinski definition) is 2. The molecule has 3 aromatic rings. The van der Waals surface area contributed by atoms with Gasteiger partial charge in [-0.15, -0.1) is 0 Å². The molecule has 0 aliphatic rings. The van der Waals surface area contributed by atoms with E-state index in [2.05, 4.69) is 38.1 Å². The molecule has 3 heteroatoms. The minimum Gasteiger partial charge on any atom is -0.497 e. The van der Waals surface area contributed by atoms with Crippen LogP contribution in [0.15, 0.2) is 72.8 Å². The minimum atomic E-state index is -0.392. The molecule has 3 rings (SSSR count). The summed E-state index contributed by atoms with van der Waals surface area (Å²) in [5, 5.41) is 0. The lowest BCUT2D eigenvalue weighted by Crippen LogP contribution is -2.16. The van der Waals surface area contributed by atoms with Crippen LogP contribution in [-0.2, 0) is 6.42 Å². The summed E-state index contributed by atoms with van der Waals surface area (Å²) >= 11 is 0. The maximum absolute atomic E-state index is 13.5. The third-order valence-electron chi connectivity index (χ3n) is 5.82. The van der Waals surface area contributed by atoms with Gasteiger partial charge in [-0.2, -0.15) is 0 Å². The molecular weight excluding hydrogens is 375 g/mol. The van der Waals surface area contributed by atoms with Gasteiger partial charge in [-0.05, 0) is 66.1 Å². The Balaban J connectivity index is 1.91. The van der Waals surface area contributed by atoms with Gasteiger partial charge in [0.2, 0.25) is 0 Å². The number of halogens is 1. The van der Waals surface area contributed by atoms with E-state index in [-0.39, 0.29) is 11.6 Å². The van der Waals surface area contributed by atoms with Gasteiger partial charge < -0.3 is 4.74 Å². The highest BCUT2D eigenvalue weighted by atomic mass is 19.1. The molecule has 0 N–H and O–H groups in total. The number of ether oxygens (including phenoxy) is 1. The van der Waals surface area contributed by atoms with E-state index in [0.717, 1.165) is 24.0 Å². The van der Waals surface area contributed by atoms with Crippen molar-refractivity contribution in [2.24, 2.45) is 0 Å². The van der Waals surface area contributed by atoms with Crippen molar-refractivity contribution in [3.63, 3.8) is 0 Å². The molecule has 0 bridgehead atoms. The van der Waals surface area contributed by atoms with E-state index in [9.17, 15) is 9.18 Å². The van der Waals surface area contributed by atoms with E-state index in [1.165, 1.54) is 17.7 Å². The molecule has 0 aliphatic heterocycles. The number of benzene rings is 3. The first-order valence-corrected chi connectivity index (χ1v) is 10.6. The van der Waals surface area contributed by atoms with E-state index in [4.69, 9.17) is 4.74 Å². The van der Waals surface area contributed by atoms with Gasteiger partial charge in [0.05, 0.1) is 13.0 Å². The number of Topliss-reactive ketones (excluding diaryl/α,β-unsaturated/α-hetero) is 1. The topological polar surface area (TPSA) is 26.3 Å². The van der Waals surface area contributed by atoms with Crippen LogP contribution in [0.25, 0.3) is 0 Å². The van der Waals surface area contributed by atoms with Crippen LogP contribution in [0.5, 0.6) is 5.75 Å². The smallest absolute Gasteiger partial charge is 0.170 e. The average Bonchev–Trinajstić information content (AvgIpc) is 2.79. The van der Waals surface area contributed by atoms with Crippen molar-refractivity contribution in [3.8, 4) is 5.75 Å². The fourth-order valence-corrected chi connectivity index (χ4v) is 3.96. The van der Waals surface area contributed by atoms with Gasteiger partial charge in [0.15, 0.2) is 5.78 Å². The van der Waals surface area contributed by atoms with Crippen molar-refractivity contribution in [2.75, 3.05) is 7.11 Å². The summed E-state index contributed by atoms with van der Waals surface area (Å²) < 4.78 is 18.8. The fourth-order valence-electron chi connectivity index (χ4n) is 3.96. The third-order valence-corrected chi connectivity index (χ3v) is 5.82. The lowest BCUT2D eigenvalue weighted by Gasteiger charge is -2.18. The first-order valence-electron chi connectivity index (χ1n) is 10.6. The lowest BCUT2D eigenvalue weighted by atomic mass is 9.84. The highest BCUT2D eigenvalue weighted by Crippen LogP contribution is 2.29. The fraction of sp³-hybridized carbons (Fsp3) is 0.296. The van der Waals surface area contributed by atoms with Crippen molar-refractivity contribution >= 4 is 5.78 Å². The van der Waals surface area contributed by atoms with Crippen LogP contribution < -0.4 is 4.74 Å². The Morgan fingerprint density at radius 2 is 1.53 bits per heavy atom. The van der Waals surface area contributed by atoms with Gasteiger partial charge in [0.25, 0.3) is 0 Å². The number of carbonyl (C=O) groups is 1. The van der Waals surface area contributed by atoms with Gasteiger partial charge in [-0.3, -0.25) is 4.79 Å². The molecule has 0 aromatic heterocycles. The molecule has 3 aromatic carbocycles. The second-order valence-electron chi connectivity index (χ2n) is 7.66. The van der Waals surface area contributed by atoms with Crippen LogP contribution in [-0.4, -0.2) is 12.9 Å². The Hall–Kier alpha value is -2.94. The van der Waals surface area contributed by atoms with Gasteiger partial charge in [0.1, 0.15) is 11.6 Å². The zero-order valence-electron chi connectivity index (χ0n) is 17.9. The lowest BCUT2D eigenvalue weighted by molar-refractivity contribution is 0.0958. The molecule has 0 saturated heterocycles. The highest BCUT2D eigenvalue weighted by Gasteiger charge is 2.23. The summed E-state index contributed by atoms with van der Waals surface area (Å²) in [6, 6.07) is 22.0. The number of methoxy groups -OCH3 is 1. The summed E-state index contributed by atoms with van der Waals surface area (Å²) in [5.74, 6) is 0.515. The predicted molar refractivity (Wildman–Crippen MR) is 120 cm³/mol. The Kier molecular flexibility index (Phi) is 7.40. The Labute approximate surface area is 178 Å². The van der Waals surface area contributed by atoms with Gasteiger partial charge in [0, 0.05) is 5.56 Å². The normalized spacial score (nSPS) is 12.0. The molecule has 0 heterocycles. The summed E-state index contributed by atoms with van der Waals surface area (Å²) in [4.78, 5) is 13.4. The quantitative estimate of drug-likeness (QED) is 0.361. The monoisotopic (exact) mass is 404 g/mol. The van der Waals surface area contributed by atoms with Crippen LogP contribution in [0.3, 0.4) is 0 Å². The molecular formula is C27H29FO2. The molecule has 1 atom stereocenters. The van der Waals surface area contributed by atoms with E-state index in [1.807, 2.05) is 12.1 Å². The predicted octanol–water partition coefficient (Wildman–Crippen LogP) is 6.95. The summed E-state index contributed by atoms with van der Waals surface area (Å²) in [7, 11) is 1.59. The van der Waals surface area contributed by atoms with Gasteiger partial charge in [-0.25, -0.2) is 4.39 Å². The Bertz CT molecular complexity index is 957. The first kappa shape index (κ1) is 21.8. The average molecular weight is 405 g/mol. The van der Waals surface area contributed by atoms with E-state index >= 15 is 0 Å². The number of carbonyl (C=O) groups excluding carboxylic acids is 1. The van der Waals surface area contributed by atoms with Crippen LogP contribution in [0.2, 0.25) is 0 Å². The number of hydrogen-bond donors (Lipinski definition) is 0. The van der Waals surface area contributed by atoms with E-state index in [1.54, 1.807) is 31.4 Å². The van der Waals surface area contributed by atoms with Crippen molar-refractivity contribution < 1.29 is 13.9 Å². The molecule has 1 unspecified atom stereocenters. The zero-order valence-corrected chi connectivity index (χ0v) is 17.9. The molecule has 156 valence electrons. The molecule has 0 aliphatic carbocycles. The van der Waals surface area contributed by atoms with E-state index in [0.29, 0.717) is 23.7 Å².